The summed E-state index contributed by atoms with van der Waals surface area (Å²) in [6, 6.07) is 12.1. The van der Waals surface area contributed by atoms with Gasteiger partial charge in [0.05, 0.1) is 12.6 Å². The topological polar surface area (TPSA) is 77.4 Å². The molecular weight excluding hydrogens is 424 g/mol. The van der Waals surface area contributed by atoms with E-state index in [0.717, 1.165) is 15.6 Å². The van der Waals surface area contributed by atoms with Gasteiger partial charge in [0.1, 0.15) is 10.4 Å². The number of amides is 1. The summed E-state index contributed by atoms with van der Waals surface area (Å²) in [4.78, 5) is 38.0. The smallest absolute Gasteiger partial charge is 0.348 e. The summed E-state index contributed by atoms with van der Waals surface area (Å²) in [5, 5.41) is 4.41. The number of carbonyl (C=O) groups is 2. The minimum Gasteiger partial charge on any atom is -0.465 e. The molecular formula is C22H17ClN2O4S. The van der Waals surface area contributed by atoms with Crippen LogP contribution in [0.4, 0.5) is 5.69 Å². The molecule has 1 amide bonds. The van der Waals surface area contributed by atoms with E-state index in [9.17, 15) is 14.4 Å². The maximum Gasteiger partial charge on any atom is 0.348 e. The number of nitrogens with zero attached hydrogens (tertiary/aromatic N) is 1. The number of thiophene rings is 1. The molecule has 30 heavy (non-hydrogen) atoms. The highest BCUT2D eigenvalue weighted by molar-refractivity contribution is 7.20. The number of anilines is 1. The second kappa shape index (κ2) is 7.93. The zero-order valence-electron chi connectivity index (χ0n) is 16.2. The van der Waals surface area contributed by atoms with Crippen LogP contribution in [-0.4, -0.2) is 23.6 Å². The van der Waals surface area contributed by atoms with Crippen molar-refractivity contribution < 1.29 is 14.3 Å². The summed E-state index contributed by atoms with van der Waals surface area (Å²) in [5.74, 6) is -0.913. The van der Waals surface area contributed by atoms with Crippen molar-refractivity contribution in [1.82, 2.24) is 4.57 Å². The molecule has 6 nitrogen and oxygen atoms in total. The molecule has 8 heteroatoms. The Labute approximate surface area is 180 Å². The van der Waals surface area contributed by atoms with Crippen LogP contribution in [0.2, 0.25) is 5.02 Å². The Balaban J connectivity index is 1.71. The Bertz CT molecular complexity index is 1370. The fourth-order valence-electron chi connectivity index (χ4n) is 3.31. The van der Waals surface area contributed by atoms with Crippen molar-refractivity contribution in [3.8, 4) is 0 Å². The number of carbonyl (C=O) groups excluding carboxylic acids is 2. The predicted molar refractivity (Wildman–Crippen MR) is 120 cm³/mol. The lowest BCUT2D eigenvalue weighted by Crippen LogP contribution is -2.23. The number of esters is 1. The van der Waals surface area contributed by atoms with E-state index >= 15 is 0 Å². The van der Waals surface area contributed by atoms with E-state index in [4.69, 9.17) is 16.3 Å². The number of aryl methyl sites for hydroxylation is 1. The molecule has 4 aromatic rings. The molecule has 0 unspecified atom stereocenters. The van der Waals surface area contributed by atoms with Gasteiger partial charge in [-0.3, -0.25) is 9.59 Å². The highest BCUT2D eigenvalue weighted by Gasteiger charge is 2.17. The third-order valence-electron chi connectivity index (χ3n) is 4.79. The number of nitrogens with one attached hydrogen (secondary N) is 1. The molecule has 0 saturated heterocycles. The summed E-state index contributed by atoms with van der Waals surface area (Å²) >= 11 is 7.37. The van der Waals surface area contributed by atoms with Crippen LogP contribution in [0.1, 0.15) is 27.0 Å². The highest BCUT2D eigenvalue weighted by Crippen LogP contribution is 2.29. The van der Waals surface area contributed by atoms with E-state index in [1.165, 1.54) is 18.4 Å². The molecule has 0 bridgehead atoms. The largest absolute Gasteiger partial charge is 0.465 e. The number of aromatic nitrogens is 1. The second-order valence-electron chi connectivity index (χ2n) is 6.63. The average molecular weight is 441 g/mol. The normalized spacial score (nSPS) is 11.0. The Morgan fingerprint density at radius 2 is 1.97 bits per heavy atom. The zero-order chi connectivity index (χ0) is 21.4. The first-order valence-electron chi connectivity index (χ1n) is 9.17. The zero-order valence-corrected chi connectivity index (χ0v) is 17.8. The van der Waals surface area contributed by atoms with E-state index in [1.807, 2.05) is 17.6 Å². The number of halogens is 1. The van der Waals surface area contributed by atoms with Crippen LogP contribution >= 0.6 is 22.9 Å². The van der Waals surface area contributed by atoms with Crippen LogP contribution in [0.25, 0.3) is 21.0 Å². The number of fused-ring (bicyclic) bond motifs is 2. The van der Waals surface area contributed by atoms with Crippen molar-refractivity contribution in [1.29, 1.82) is 0 Å². The van der Waals surface area contributed by atoms with E-state index in [1.54, 1.807) is 42.6 Å². The number of pyridine rings is 1. The first kappa shape index (κ1) is 20.1. The highest BCUT2D eigenvalue weighted by atomic mass is 35.5. The molecule has 0 atom stereocenters. The van der Waals surface area contributed by atoms with Crippen molar-refractivity contribution in [2.45, 2.75) is 13.5 Å². The number of rotatable bonds is 4. The molecule has 0 aliphatic heterocycles. The van der Waals surface area contributed by atoms with Crippen molar-refractivity contribution in [2.24, 2.45) is 0 Å². The quantitative estimate of drug-likeness (QED) is 0.456. The maximum atomic E-state index is 12.9. The summed E-state index contributed by atoms with van der Waals surface area (Å²) in [6.45, 7) is 2.53. The van der Waals surface area contributed by atoms with Crippen molar-refractivity contribution in [3.63, 3.8) is 0 Å². The van der Waals surface area contributed by atoms with Crippen LogP contribution in [0.5, 0.6) is 0 Å². The Kier molecular flexibility index (Phi) is 5.32. The number of ether oxygens (including phenoxy) is 1. The molecule has 0 aliphatic rings. The minimum atomic E-state index is -0.508. The summed E-state index contributed by atoms with van der Waals surface area (Å²) in [7, 11) is 1.33. The average Bonchev–Trinajstić information content (AvgIpc) is 3.17. The lowest BCUT2D eigenvalue weighted by Gasteiger charge is -2.12. The minimum absolute atomic E-state index is 0.0345. The van der Waals surface area contributed by atoms with Gasteiger partial charge in [-0.15, -0.1) is 11.3 Å². The SMILES string of the molecule is CCn1cc(C(=O)Nc2ccc3sc(C(=O)OC)cc3c2)c(=O)c2cc(Cl)ccc21. The molecule has 4 rings (SSSR count). The van der Waals surface area contributed by atoms with E-state index in [2.05, 4.69) is 5.32 Å². The standard InChI is InChI=1S/C22H17ClN2O4S/c1-3-25-11-16(20(26)15-10-13(23)4-6-17(15)25)21(27)24-14-5-7-18-12(8-14)9-19(30-18)22(28)29-2/h4-11H,3H2,1-2H3,(H,24,27). The molecule has 152 valence electrons. The first-order valence-corrected chi connectivity index (χ1v) is 10.4. The summed E-state index contributed by atoms with van der Waals surface area (Å²) in [6.07, 6.45) is 1.56. The molecule has 0 fully saturated rings. The van der Waals surface area contributed by atoms with Crippen molar-refractivity contribution >= 4 is 61.5 Å². The van der Waals surface area contributed by atoms with Gasteiger partial charge < -0.3 is 14.6 Å². The molecule has 2 aromatic carbocycles. The van der Waals surface area contributed by atoms with Crippen molar-refractivity contribution in [2.75, 3.05) is 12.4 Å². The van der Waals surface area contributed by atoms with Gasteiger partial charge in [-0.1, -0.05) is 11.6 Å². The molecule has 0 radical (unpaired) electrons. The van der Waals surface area contributed by atoms with Gasteiger partial charge >= 0.3 is 5.97 Å². The van der Waals surface area contributed by atoms with Crippen LogP contribution in [0, 0.1) is 0 Å². The van der Waals surface area contributed by atoms with Gasteiger partial charge in [-0.2, -0.15) is 0 Å². The fourth-order valence-corrected chi connectivity index (χ4v) is 4.45. The monoisotopic (exact) mass is 440 g/mol. The Morgan fingerprint density at radius 3 is 2.70 bits per heavy atom. The first-order chi connectivity index (χ1) is 14.4. The summed E-state index contributed by atoms with van der Waals surface area (Å²) < 4.78 is 7.48. The Morgan fingerprint density at radius 1 is 1.17 bits per heavy atom. The van der Waals surface area contributed by atoms with E-state index in [-0.39, 0.29) is 11.0 Å². The van der Waals surface area contributed by atoms with Gasteiger partial charge in [0.15, 0.2) is 0 Å². The molecule has 0 aliphatic carbocycles. The van der Waals surface area contributed by atoms with Gasteiger partial charge in [-0.25, -0.2) is 4.79 Å². The number of hydrogen-bond donors (Lipinski definition) is 1. The molecule has 2 aromatic heterocycles. The molecule has 2 heterocycles. The van der Waals surface area contributed by atoms with Crippen LogP contribution in [0.3, 0.4) is 0 Å². The van der Waals surface area contributed by atoms with Gasteiger partial charge in [0, 0.05) is 33.5 Å². The molecule has 0 saturated carbocycles. The lowest BCUT2D eigenvalue weighted by molar-refractivity contribution is 0.0606. The maximum absolute atomic E-state index is 12.9. The lowest BCUT2D eigenvalue weighted by atomic mass is 10.1. The number of benzene rings is 2. The third-order valence-corrected chi connectivity index (χ3v) is 6.12. The molecule has 0 spiro atoms. The Hall–Kier alpha value is -3.16. The summed E-state index contributed by atoms with van der Waals surface area (Å²) in [5.41, 5.74) is 0.903. The number of hydrogen-bond acceptors (Lipinski definition) is 5. The van der Waals surface area contributed by atoms with E-state index in [0.29, 0.717) is 27.5 Å². The van der Waals surface area contributed by atoms with Gasteiger partial charge in [0.2, 0.25) is 5.43 Å². The van der Waals surface area contributed by atoms with Crippen LogP contribution < -0.4 is 10.7 Å². The van der Waals surface area contributed by atoms with Crippen LogP contribution in [0.15, 0.2) is 53.5 Å². The van der Waals surface area contributed by atoms with Crippen molar-refractivity contribution in [3.05, 3.63) is 74.3 Å². The number of methoxy groups -OCH3 is 1. The predicted octanol–water partition coefficient (Wildman–Crippen LogP) is 4.93. The fraction of sp³-hybridized carbons (Fsp3) is 0.136. The van der Waals surface area contributed by atoms with Crippen LogP contribution in [-0.2, 0) is 11.3 Å². The van der Waals surface area contributed by atoms with Gasteiger partial charge in [0.25, 0.3) is 5.91 Å². The van der Waals surface area contributed by atoms with Gasteiger partial charge in [-0.05, 0) is 54.8 Å². The second-order valence-corrected chi connectivity index (χ2v) is 8.15. The van der Waals surface area contributed by atoms with E-state index < -0.39 is 11.9 Å². The third kappa shape index (κ3) is 3.58. The molecule has 1 N–H and O–H groups in total.